The number of benzene rings is 1. The van der Waals surface area contributed by atoms with Crippen LogP contribution in [0.1, 0.15) is 62.3 Å². The number of ether oxygens (including phenoxy) is 1. The topological polar surface area (TPSA) is 88.8 Å². The summed E-state index contributed by atoms with van der Waals surface area (Å²) >= 11 is 0. The van der Waals surface area contributed by atoms with E-state index in [0.717, 1.165) is 60.0 Å². The first kappa shape index (κ1) is 21.5. The van der Waals surface area contributed by atoms with Gasteiger partial charge in [0.05, 0.1) is 13.0 Å². The van der Waals surface area contributed by atoms with E-state index in [1.807, 2.05) is 13.0 Å². The van der Waals surface area contributed by atoms with Gasteiger partial charge >= 0.3 is 5.97 Å². The van der Waals surface area contributed by atoms with Gasteiger partial charge in [-0.15, -0.1) is 0 Å². The number of nitrogens with one attached hydrogen (secondary N) is 1. The minimum absolute atomic E-state index is 0.130. The predicted octanol–water partition coefficient (Wildman–Crippen LogP) is 4.73. The molecule has 0 radical (unpaired) electrons. The Morgan fingerprint density at radius 1 is 1.19 bits per heavy atom. The third-order valence-corrected chi connectivity index (χ3v) is 6.81. The van der Waals surface area contributed by atoms with E-state index in [-0.39, 0.29) is 11.8 Å². The molecule has 1 saturated carbocycles. The van der Waals surface area contributed by atoms with Crippen molar-refractivity contribution in [1.29, 1.82) is 0 Å². The van der Waals surface area contributed by atoms with Crippen molar-refractivity contribution in [2.24, 2.45) is 11.8 Å². The zero-order valence-corrected chi connectivity index (χ0v) is 18.3. The molecule has 2 aromatic rings. The van der Waals surface area contributed by atoms with Crippen LogP contribution in [0.2, 0.25) is 0 Å². The number of carbonyl (C=O) groups excluding carboxylic acids is 1. The van der Waals surface area contributed by atoms with Gasteiger partial charge in [-0.25, -0.2) is 0 Å². The summed E-state index contributed by atoms with van der Waals surface area (Å²) < 4.78 is 11.7. The number of carbonyl (C=O) groups is 2. The van der Waals surface area contributed by atoms with E-state index in [1.54, 1.807) is 13.2 Å². The second kappa shape index (κ2) is 9.16. The van der Waals surface area contributed by atoms with Gasteiger partial charge in [0.15, 0.2) is 0 Å². The molecular formula is C25H31NO5. The van der Waals surface area contributed by atoms with E-state index in [2.05, 4.69) is 11.4 Å². The Morgan fingerprint density at radius 2 is 1.94 bits per heavy atom. The number of fused-ring (bicyclic) bond motifs is 3. The Morgan fingerprint density at radius 3 is 2.65 bits per heavy atom. The van der Waals surface area contributed by atoms with Crippen LogP contribution < -0.4 is 10.1 Å². The largest absolute Gasteiger partial charge is 0.496 e. The molecule has 166 valence electrons. The molecule has 31 heavy (non-hydrogen) atoms. The first-order valence-electron chi connectivity index (χ1n) is 11.3. The summed E-state index contributed by atoms with van der Waals surface area (Å²) in [6.07, 6.45) is 9.04. The lowest BCUT2D eigenvalue weighted by atomic mass is 9.82. The number of furan rings is 1. The standard InChI is InChI=1S/C25H31NO5/c1-15(11-24(27)26-14-16-7-9-17(10-8-16)25(28)29)19-12-20-18-5-3-4-6-21(18)31-23(20)13-22(19)30-2/h11-13,16-17H,3-10,14H2,1-2H3,(H,26,27)(H,28,29)/b15-11+. The number of carboxylic acids is 1. The van der Waals surface area contributed by atoms with Crippen LogP contribution in [-0.4, -0.2) is 30.6 Å². The fraction of sp³-hybridized carbons (Fsp3) is 0.520. The van der Waals surface area contributed by atoms with Gasteiger partial charge in [0.25, 0.3) is 0 Å². The maximum absolute atomic E-state index is 12.5. The van der Waals surface area contributed by atoms with Crippen molar-refractivity contribution in [2.75, 3.05) is 13.7 Å². The molecule has 0 saturated heterocycles. The molecule has 6 heteroatoms. The average molecular weight is 426 g/mol. The molecule has 0 spiro atoms. The van der Waals surface area contributed by atoms with Gasteiger partial charge in [-0.05, 0) is 69.4 Å². The molecule has 1 aromatic heterocycles. The number of hydrogen-bond acceptors (Lipinski definition) is 4. The fourth-order valence-electron chi connectivity index (χ4n) is 4.95. The zero-order valence-electron chi connectivity index (χ0n) is 18.3. The first-order chi connectivity index (χ1) is 15.0. The van der Waals surface area contributed by atoms with Crippen LogP contribution in [0.25, 0.3) is 16.5 Å². The van der Waals surface area contributed by atoms with Gasteiger partial charge in [-0.2, -0.15) is 0 Å². The quantitative estimate of drug-likeness (QED) is 0.653. The average Bonchev–Trinajstić information content (AvgIpc) is 3.14. The molecule has 2 aliphatic rings. The molecule has 1 heterocycles. The van der Waals surface area contributed by atoms with Gasteiger partial charge < -0.3 is 19.6 Å². The molecular weight excluding hydrogens is 394 g/mol. The van der Waals surface area contributed by atoms with E-state index in [1.165, 1.54) is 12.0 Å². The number of aliphatic carboxylic acids is 1. The van der Waals surface area contributed by atoms with Crippen LogP contribution in [0.5, 0.6) is 5.75 Å². The van der Waals surface area contributed by atoms with Crippen LogP contribution in [-0.2, 0) is 22.4 Å². The number of amides is 1. The van der Waals surface area contributed by atoms with Crippen LogP contribution in [0.3, 0.4) is 0 Å². The monoisotopic (exact) mass is 425 g/mol. The number of rotatable bonds is 6. The molecule has 1 amide bonds. The minimum Gasteiger partial charge on any atom is -0.496 e. The predicted molar refractivity (Wildman–Crippen MR) is 119 cm³/mol. The second-order valence-electron chi connectivity index (χ2n) is 8.89. The molecule has 0 atom stereocenters. The highest BCUT2D eigenvalue weighted by Gasteiger charge is 2.26. The van der Waals surface area contributed by atoms with E-state index in [0.29, 0.717) is 31.1 Å². The highest BCUT2D eigenvalue weighted by molar-refractivity contribution is 5.97. The summed E-state index contributed by atoms with van der Waals surface area (Å²) in [5.41, 5.74) is 3.89. The van der Waals surface area contributed by atoms with Crippen molar-refractivity contribution < 1.29 is 23.8 Å². The van der Waals surface area contributed by atoms with Gasteiger partial charge in [-0.1, -0.05) is 0 Å². The molecule has 0 bridgehead atoms. The molecule has 2 aliphatic carbocycles. The molecule has 1 fully saturated rings. The summed E-state index contributed by atoms with van der Waals surface area (Å²) in [7, 11) is 1.63. The summed E-state index contributed by atoms with van der Waals surface area (Å²) in [6.45, 7) is 2.51. The zero-order chi connectivity index (χ0) is 22.0. The second-order valence-corrected chi connectivity index (χ2v) is 8.89. The van der Waals surface area contributed by atoms with E-state index in [4.69, 9.17) is 14.3 Å². The van der Waals surface area contributed by atoms with Gasteiger partial charge in [0.1, 0.15) is 17.1 Å². The summed E-state index contributed by atoms with van der Waals surface area (Å²) in [6, 6.07) is 4.02. The Balaban J connectivity index is 1.46. The Labute approximate surface area is 182 Å². The van der Waals surface area contributed by atoms with Gasteiger partial charge in [0, 0.05) is 41.6 Å². The van der Waals surface area contributed by atoms with Crippen LogP contribution in [0.15, 0.2) is 22.6 Å². The smallest absolute Gasteiger partial charge is 0.306 e. The summed E-state index contributed by atoms with van der Waals surface area (Å²) in [5.74, 6) is 1.06. The number of carboxylic acid groups (broad SMARTS) is 1. The SMILES string of the molecule is COc1cc2oc3c(c2cc1/C(C)=C/C(=O)NCC1CCC(C(=O)O)CC1)CCCC3. The summed E-state index contributed by atoms with van der Waals surface area (Å²) in [4.78, 5) is 23.6. The molecule has 4 rings (SSSR count). The Bertz CT molecular complexity index is 1010. The highest BCUT2D eigenvalue weighted by Crippen LogP contribution is 2.38. The molecule has 1 aromatic carbocycles. The number of aryl methyl sites for hydroxylation is 2. The maximum Gasteiger partial charge on any atom is 0.306 e. The van der Waals surface area contributed by atoms with Crippen molar-refractivity contribution in [1.82, 2.24) is 5.32 Å². The van der Waals surface area contributed by atoms with E-state index < -0.39 is 5.97 Å². The molecule has 2 N–H and O–H groups in total. The van der Waals surface area contributed by atoms with E-state index >= 15 is 0 Å². The Kier molecular flexibility index (Phi) is 6.35. The van der Waals surface area contributed by atoms with Crippen LogP contribution >= 0.6 is 0 Å². The van der Waals surface area contributed by atoms with Crippen molar-refractivity contribution >= 4 is 28.4 Å². The van der Waals surface area contributed by atoms with Crippen LogP contribution in [0.4, 0.5) is 0 Å². The Hall–Kier alpha value is -2.76. The minimum atomic E-state index is -0.703. The van der Waals surface area contributed by atoms with Crippen molar-refractivity contribution in [3.05, 3.63) is 35.1 Å². The molecule has 0 aliphatic heterocycles. The number of hydrogen-bond donors (Lipinski definition) is 2. The number of allylic oxidation sites excluding steroid dienone is 1. The normalized spacial score (nSPS) is 21.5. The lowest BCUT2D eigenvalue weighted by molar-refractivity contribution is -0.143. The van der Waals surface area contributed by atoms with Gasteiger partial charge in [-0.3, -0.25) is 9.59 Å². The third kappa shape index (κ3) is 4.63. The summed E-state index contributed by atoms with van der Waals surface area (Å²) in [5, 5.41) is 13.2. The molecule has 6 nitrogen and oxygen atoms in total. The lowest BCUT2D eigenvalue weighted by Gasteiger charge is -2.26. The highest BCUT2D eigenvalue weighted by atomic mass is 16.5. The fourth-order valence-corrected chi connectivity index (χ4v) is 4.95. The van der Waals surface area contributed by atoms with Crippen molar-refractivity contribution in [3.8, 4) is 5.75 Å². The van der Waals surface area contributed by atoms with Crippen molar-refractivity contribution in [3.63, 3.8) is 0 Å². The number of methoxy groups -OCH3 is 1. The van der Waals surface area contributed by atoms with Gasteiger partial charge in [0.2, 0.25) is 5.91 Å². The maximum atomic E-state index is 12.5. The van der Waals surface area contributed by atoms with E-state index in [9.17, 15) is 9.59 Å². The van der Waals surface area contributed by atoms with Crippen LogP contribution in [0, 0.1) is 11.8 Å². The molecule has 0 unspecified atom stereocenters. The first-order valence-corrected chi connectivity index (χ1v) is 11.3. The lowest BCUT2D eigenvalue weighted by Crippen LogP contribution is -2.31. The van der Waals surface area contributed by atoms with Crippen molar-refractivity contribution in [2.45, 2.75) is 58.3 Å². The third-order valence-electron chi connectivity index (χ3n) is 6.81.